The standard InChI is InChI=1S/C11H11F4NO.ClH/c1-2-16-4-6(5-16)17-11-9(14)7(12)3-8(13)10(11)15;/h3,6H,2,4-5H2,1H3;1H. The lowest BCUT2D eigenvalue weighted by Crippen LogP contribution is -2.53. The Morgan fingerprint density at radius 3 is 2.11 bits per heavy atom. The van der Waals surface area contributed by atoms with Crippen LogP contribution in [0.15, 0.2) is 6.07 Å². The van der Waals surface area contributed by atoms with E-state index >= 15 is 0 Å². The van der Waals surface area contributed by atoms with Gasteiger partial charge < -0.3 is 4.74 Å². The van der Waals surface area contributed by atoms with Crippen molar-refractivity contribution >= 4 is 12.4 Å². The van der Waals surface area contributed by atoms with Crippen LogP contribution in [0.5, 0.6) is 5.75 Å². The predicted octanol–water partition coefficient (Wildman–Crippen LogP) is 2.75. The van der Waals surface area contributed by atoms with Crippen LogP contribution in [0.2, 0.25) is 0 Å². The summed E-state index contributed by atoms with van der Waals surface area (Å²) in [4.78, 5) is 1.97. The van der Waals surface area contributed by atoms with Crippen LogP contribution in [0.3, 0.4) is 0 Å². The second-order valence-corrected chi connectivity index (χ2v) is 3.89. The number of likely N-dealkylation sites (tertiary alicyclic amines) is 1. The summed E-state index contributed by atoms with van der Waals surface area (Å²) in [6.45, 7) is 3.71. The Labute approximate surface area is 108 Å². The third-order valence-corrected chi connectivity index (χ3v) is 2.73. The molecule has 1 saturated heterocycles. The monoisotopic (exact) mass is 285 g/mol. The molecule has 1 aliphatic heterocycles. The van der Waals surface area contributed by atoms with Gasteiger partial charge in [0.15, 0.2) is 17.4 Å². The highest BCUT2D eigenvalue weighted by Gasteiger charge is 2.30. The van der Waals surface area contributed by atoms with Crippen LogP contribution in [0.25, 0.3) is 0 Å². The van der Waals surface area contributed by atoms with E-state index in [1.54, 1.807) is 0 Å². The van der Waals surface area contributed by atoms with Crippen LogP contribution in [0.1, 0.15) is 6.92 Å². The van der Waals surface area contributed by atoms with E-state index in [-0.39, 0.29) is 18.5 Å². The van der Waals surface area contributed by atoms with Gasteiger partial charge in [-0.15, -0.1) is 12.4 Å². The first kappa shape index (κ1) is 15.0. The highest BCUT2D eigenvalue weighted by Crippen LogP contribution is 2.28. The maximum Gasteiger partial charge on any atom is 0.203 e. The SMILES string of the molecule is CCN1CC(Oc2c(F)c(F)cc(F)c2F)C1.Cl. The Morgan fingerprint density at radius 2 is 1.67 bits per heavy atom. The summed E-state index contributed by atoms with van der Waals surface area (Å²) in [6.07, 6.45) is -0.430. The predicted molar refractivity (Wildman–Crippen MR) is 60.1 cm³/mol. The molecule has 102 valence electrons. The number of ether oxygens (including phenoxy) is 1. The Bertz CT molecular complexity index is 411. The number of nitrogens with zero attached hydrogens (tertiary/aromatic N) is 1. The number of rotatable bonds is 3. The average molecular weight is 286 g/mol. The van der Waals surface area contributed by atoms with E-state index in [0.717, 1.165) is 6.54 Å². The van der Waals surface area contributed by atoms with Crippen molar-refractivity contribution in [3.05, 3.63) is 29.3 Å². The number of hydrogen-bond acceptors (Lipinski definition) is 2. The van der Waals surface area contributed by atoms with Crippen molar-refractivity contribution in [3.8, 4) is 5.75 Å². The van der Waals surface area contributed by atoms with Gasteiger partial charge in [-0.2, -0.15) is 8.78 Å². The zero-order valence-corrected chi connectivity index (χ0v) is 10.4. The van der Waals surface area contributed by atoms with Crippen molar-refractivity contribution in [1.29, 1.82) is 0 Å². The van der Waals surface area contributed by atoms with Crippen molar-refractivity contribution in [3.63, 3.8) is 0 Å². The van der Waals surface area contributed by atoms with Crippen molar-refractivity contribution in [2.75, 3.05) is 19.6 Å². The minimum absolute atomic E-state index is 0. The van der Waals surface area contributed by atoms with Crippen molar-refractivity contribution in [2.45, 2.75) is 13.0 Å². The topological polar surface area (TPSA) is 12.5 Å². The van der Waals surface area contributed by atoms with E-state index < -0.39 is 35.1 Å². The summed E-state index contributed by atoms with van der Waals surface area (Å²) in [7, 11) is 0. The molecule has 1 heterocycles. The minimum Gasteiger partial charge on any atom is -0.481 e. The molecule has 1 aliphatic rings. The first-order chi connectivity index (χ1) is 8.02. The largest absolute Gasteiger partial charge is 0.481 e. The lowest BCUT2D eigenvalue weighted by Gasteiger charge is -2.38. The molecule has 0 aliphatic carbocycles. The summed E-state index contributed by atoms with van der Waals surface area (Å²) < 4.78 is 57.1. The molecule has 0 radical (unpaired) electrons. The fourth-order valence-corrected chi connectivity index (χ4v) is 1.68. The van der Waals surface area contributed by atoms with Crippen LogP contribution in [0, 0.1) is 23.3 Å². The molecule has 7 heteroatoms. The van der Waals surface area contributed by atoms with Crippen LogP contribution in [-0.2, 0) is 0 Å². The van der Waals surface area contributed by atoms with E-state index in [0.29, 0.717) is 13.1 Å². The smallest absolute Gasteiger partial charge is 0.203 e. The van der Waals surface area contributed by atoms with Gasteiger partial charge in [-0.05, 0) is 6.54 Å². The number of hydrogen-bond donors (Lipinski definition) is 0. The second-order valence-electron chi connectivity index (χ2n) is 3.89. The van der Waals surface area contributed by atoms with E-state index in [1.165, 1.54) is 0 Å². The third-order valence-electron chi connectivity index (χ3n) is 2.73. The minimum atomic E-state index is -1.49. The Kier molecular flexibility index (Phi) is 4.81. The molecule has 0 N–H and O–H groups in total. The fraction of sp³-hybridized carbons (Fsp3) is 0.455. The van der Waals surface area contributed by atoms with E-state index in [9.17, 15) is 17.6 Å². The molecular weight excluding hydrogens is 274 g/mol. The highest BCUT2D eigenvalue weighted by molar-refractivity contribution is 5.85. The number of halogens is 5. The summed E-state index contributed by atoms with van der Waals surface area (Å²) in [6, 6.07) is 0.163. The molecule has 18 heavy (non-hydrogen) atoms. The zero-order valence-electron chi connectivity index (χ0n) is 9.55. The van der Waals surface area contributed by atoms with E-state index in [2.05, 4.69) is 0 Å². The lowest BCUT2D eigenvalue weighted by atomic mass is 10.1. The molecule has 0 atom stereocenters. The Hall–Kier alpha value is -1.01. The average Bonchev–Trinajstić information content (AvgIpc) is 2.24. The van der Waals surface area contributed by atoms with Crippen molar-refractivity contribution < 1.29 is 22.3 Å². The van der Waals surface area contributed by atoms with Crippen molar-refractivity contribution in [2.24, 2.45) is 0 Å². The zero-order chi connectivity index (χ0) is 12.6. The number of benzene rings is 1. The molecule has 1 aromatic carbocycles. The number of likely N-dealkylation sites (N-methyl/N-ethyl adjacent to an activating group) is 1. The van der Waals surface area contributed by atoms with Gasteiger partial charge in [-0.3, -0.25) is 4.90 Å². The molecule has 0 amide bonds. The van der Waals surface area contributed by atoms with Crippen LogP contribution < -0.4 is 4.74 Å². The normalized spacial score (nSPS) is 16.1. The van der Waals surface area contributed by atoms with Gasteiger partial charge in [0.2, 0.25) is 11.6 Å². The molecule has 2 nitrogen and oxygen atoms in total. The maximum atomic E-state index is 13.2. The Morgan fingerprint density at radius 1 is 1.17 bits per heavy atom. The van der Waals surface area contributed by atoms with Gasteiger partial charge in [0.1, 0.15) is 6.10 Å². The van der Waals surface area contributed by atoms with Gasteiger partial charge in [-0.25, -0.2) is 8.78 Å². The molecule has 0 bridgehead atoms. The quantitative estimate of drug-likeness (QED) is 0.625. The molecule has 0 spiro atoms. The molecular formula is C11H12ClF4NO. The van der Waals surface area contributed by atoms with Crippen molar-refractivity contribution in [1.82, 2.24) is 4.90 Å². The van der Waals surface area contributed by atoms with Gasteiger partial charge in [0, 0.05) is 19.2 Å². The van der Waals surface area contributed by atoms with Crippen LogP contribution >= 0.6 is 12.4 Å². The summed E-state index contributed by atoms with van der Waals surface area (Å²) in [5, 5.41) is 0. The van der Waals surface area contributed by atoms with Gasteiger partial charge in [-0.1, -0.05) is 6.92 Å². The van der Waals surface area contributed by atoms with Gasteiger partial charge in [0.05, 0.1) is 0 Å². The van der Waals surface area contributed by atoms with Gasteiger partial charge in [0.25, 0.3) is 0 Å². The molecule has 0 aromatic heterocycles. The van der Waals surface area contributed by atoms with Crippen LogP contribution in [-0.4, -0.2) is 30.6 Å². The highest BCUT2D eigenvalue weighted by atomic mass is 35.5. The molecule has 1 aromatic rings. The van der Waals surface area contributed by atoms with Crippen LogP contribution in [0.4, 0.5) is 17.6 Å². The lowest BCUT2D eigenvalue weighted by molar-refractivity contribution is 0.0179. The molecule has 0 unspecified atom stereocenters. The molecule has 0 saturated carbocycles. The summed E-state index contributed by atoms with van der Waals surface area (Å²) in [5.74, 6) is -6.85. The molecule has 2 rings (SSSR count). The van der Waals surface area contributed by atoms with E-state index in [4.69, 9.17) is 4.74 Å². The third kappa shape index (κ3) is 2.70. The molecule has 1 fully saturated rings. The fourth-order valence-electron chi connectivity index (χ4n) is 1.68. The summed E-state index contributed by atoms with van der Waals surface area (Å²) in [5.41, 5.74) is 0. The maximum absolute atomic E-state index is 13.2. The van der Waals surface area contributed by atoms with E-state index in [1.807, 2.05) is 11.8 Å². The summed E-state index contributed by atoms with van der Waals surface area (Å²) >= 11 is 0. The second kappa shape index (κ2) is 5.75. The first-order valence-corrected chi connectivity index (χ1v) is 5.25. The van der Waals surface area contributed by atoms with Gasteiger partial charge >= 0.3 is 0 Å². The first-order valence-electron chi connectivity index (χ1n) is 5.25. The Balaban J connectivity index is 0.00000162.